The number of rotatable bonds is 11. The van der Waals surface area contributed by atoms with E-state index in [9.17, 15) is 0 Å². The maximum Gasteiger partial charge on any atom is 0.125 e. The van der Waals surface area contributed by atoms with E-state index in [1.54, 1.807) is 7.11 Å². The molecule has 2 aromatic carbocycles. The normalized spacial score (nSPS) is 11.7. The van der Waals surface area contributed by atoms with E-state index in [1.807, 2.05) is 31.2 Å². The first-order valence-electron chi connectivity index (χ1n) is 10.3. The van der Waals surface area contributed by atoms with Gasteiger partial charge in [-0.3, -0.25) is 0 Å². The van der Waals surface area contributed by atoms with Crippen molar-refractivity contribution < 1.29 is 14.3 Å². The monoisotopic (exact) mass is 395 g/mol. The molecular formula is C25H33NO3. The fourth-order valence-corrected chi connectivity index (χ4v) is 3.19. The van der Waals surface area contributed by atoms with Gasteiger partial charge in [0.05, 0.1) is 12.3 Å². The van der Waals surface area contributed by atoms with Gasteiger partial charge in [-0.2, -0.15) is 0 Å². The van der Waals surface area contributed by atoms with Crippen molar-refractivity contribution >= 4 is 5.71 Å². The van der Waals surface area contributed by atoms with Gasteiger partial charge in [-0.15, -0.1) is 0 Å². The molecule has 0 saturated heterocycles. The molecule has 2 aromatic rings. The highest BCUT2D eigenvalue weighted by atomic mass is 16.6. The van der Waals surface area contributed by atoms with E-state index in [0.29, 0.717) is 13.2 Å². The Balaban J connectivity index is 1.95. The fraction of sp³-hybridized carbons (Fsp3) is 0.400. The molecule has 0 atom stereocenters. The fourth-order valence-electron chi connectivity index (χ4n) is 3.19. The Bertz CT molecular complexity index is 799. The minimum Gasteiger partial charge on any atom is -0.493 e. The van der Waals surface area contributed by atoms with E-state index < -0.39 is 0 Å². The first kappa shape index (κ1) is 22.5. The number of hydrogen-bond donors (Lipinski definition) is 0. The summed E-state index contributed by atoms with van der Waals surface area (Å²) in [5, 5.41) is 4.14. The second-order valence-corrected chi connectivity index (χ2v) is 7.03. The van der Waals surface area contributed by atoms with Gasteiger partial charge in [-0.1, -0.05) is 54.9 Å². The number of benzene rings is 2. The van der Waals surface area contributed by atoms with Crippen LogP contribution in [0, 0.1) is 13.8 Å². The number of allylic oxidation sites excluding steroid dienone is 1. The van der Waals surface area contributed by atoms with Gasteiger partial charge in [0, 0.05) is 6.42 Å². The lowest BCUT2D eigenvalue weighted by atomic mass is 10.0. The van der Waals surface area contributed by atoms with E-state index in [-0.39, 0.29) is 0 Å². The molecule has 0 unspecified atom stereocenters. The molecule has 0 N–H and O–H groups in total. The smallest absolute Gasteiger partial charge is 0.125 e. The van der Waals surface area contributed by atoms with E-state index >= 15 is 0 Å². The molecule has 4 heteroatoms. The molecule has 0 radical (unpaired) electrons. The Kier molecular flexibility index (Phi) is 9.29. The van der Waals surface area contributed by atoms with E-state index in [4.69, 9.17) is 14.3 Å². The lowest BCUT2D eigenvalue weighted by molar-refractivity contribution is 0.213. The first-order valence-corrected chi connectivity index (χ1v) is 10.3. The third-order valence-corrected chi connectivity index (χ3v) is 4.63. The Labute approximate surface area is 175 Å². The van der Waals surface area contributed by atoms with Gasteiger partial charge in [0.15, 0.2) is 0 Å². The van der Waals surface area contributed by atoms with Crippen LogP contribution >= 0.6 is 0 Å². The lowest BCUT2D eigenvalue weighted by Crippen LogP contribution is -2.05. The number of aryl methyl sites for hydroxylation is 2. The summed E-state index contributed by atoms with van der Waals surface area (Å²) in [5.41, 5.74) is 5.52. The van der Waals surface area contributed by atoms with Crippen LogP contribution in [0.1, 0.15) is 48.9 Å². The summed E-state index contributed by atoms with van der Waals surface area (Å²) in [5.74, 6) is 1.82. The highest BCUT2D eigenvalue weighted by Gasteiger charge is 2.08. The molecule has 0 saturated carbocycles. The molecule has 0 aliphatic heterocycles. The van der Waals surface area contributed by atoms with Crippen LogP contribution in [0.2, 0.25) is 0 Å². The minimum absolute atomic E-state index is 0.584. The predicted octanol–water partition coefficient (Wildman–Crippen LogP) is 6.03. The molecule has 2 rings (SSSR count). The summed E-state index contributed by atoms with van der Waals surface area (Å²) in [6.45, 7) is 9.46. The maximum atomic E-state index is 6.09. The molecular weight excluding hydrogens is 362 g/mol. The topological polar surface area (TPSA) is 40.0 Å². The van der Waals surface area contributed by atoms with Crippen molar-refractivity contribution in [2.45, 2.75) is 47.0 Å². The molecule has 0 aromatic heterocycles. The summed E-state index contributed by atoms with van der Waals surface area (Å²) in [6.07, 6.45) is 6.77. The van der Waals surface area contributed by atoms with Crippen LogP contribution in [0.3, 0.4) is 0 Å². The zero-order valence-electron chi connectivity index (χ0n) is 18.3. The molecule has 0 aliphatic rings. The molecule has 29 heavy (non-hydrogen) atoms. The summed E-state index contributed by atoms with van der Waals surface area (Å²) in [4.78, 5) is 4.97. The lowest BCUT2D eigenvalue weighted by Gasteiger charge is -2.14. The number of oxime groups is 1. The average molecular weight is 396 g/mol. The minimum atomic E-state index is 0.584. The second kappa shape index (κ2) is 11.9. The highest BCUT2D eigenvalue weighted by Crippen LogP contribution is 2.28. The molecule has 4 nitrogen and oxygen atoms in total. The zero-order valence-corrected chi connectivity index (χ0v) is 18.3. The molecule has 0 amide bonds. The number of hydrogen-bond acceptors (Lipinski definition) is 4. The Morgan fingerprint density at radius 2 is 1.72 bits per heavy atom. The van der Waals surface area contributed by atoms with Gasteiger partial charge in [-0.05, 0) is 61.6 Å². The summed E-state index contributed by atoms with van der Waals surface area (Å²) in [6, 6.07) is 12.6. The molecule has 0 bridgehead atoms. The quantitative estimate of drug-likeness (QED) is 0.265. The van der Waals surface area contributed by atoms with Crippen LogP contribution in [0.25, 0.3) is 0 Å². The van der Waals surface area contributed by atoms with Crippen molar-refractivity contribution in [3.8, 4) is 11.5 Å². The number of ether oxygens (including phenoxy) is 2. The van der Waals surface area contributed by atoms with Gasteiger partial charge in [0.2, 0.25) is 0 Å². The Morgan fingerprint density at radius 3 is 2.31 bits per heavy atom. The summed E-state index contributed by atoms with van der Waals surface area (Å²) in [7, 11) is 1.59. The van der Waals surface area contributed by atoms with Crippen molar-refractivity contribution in [2.75, 3.05) is 20.3 Å². The summed E-state index contributed by atoms with van der Waals surface area (Å²) < 4.78 is 11.8. The molecule has 0 fully saturated rings. The van der Waals surface area contributed by atoms with E-state index in [1.165, 1.54) is 5.56 Å². The van der Waals surface area contributed by atoms with Crippen molar-refractivity contribution in [1.29, 1.82) is 0 Å². The molecule has 156 valence electrons. The number of nitrogens with zero attached hydrogens (tertiary/aromatic N) is 1. The van der Waals surface area contributed by atoms with Crippen molar-refractivity contribution in [2.24, 2.45) is 5.16 Å². The molecule has 0 spiro atoms. The van der Waals surface area contributed by atoms with Crippen molar-refractivity contribution in [1.82, 2.24) is 0 Å². The first-order chi connectivity index (χ1) is 14.1. The third kappa shape index (κ3) is 6.97. The summed E-state index contributed by atoms with van der Waals surface area (Å²) >= 11 is 0. The van der Waals surface area contributed by atoms with Crippen molar-refractivity contribution in [3.63, 3.8) is 0 Å². The van der Waals surface area contributed by atoms with Crippen LogP contribution in [-0.2, 0) is 11.3 Å². The Hall–Kier alpha value is -2.75. The SMILES string of the molecule is C/C=C/COc1cc(C)c(OCCc2ccc(/C(CCC)=N/OC)cc2)c(C)c1. The van der Waals surface area contributed by atoms with Gasteiger partial charge in [0.25, 0.3) is 0 Å². The van der Waals surface area contributed by atoms with Gasteiger partial charge in [0.1, 0.15) is 25.2 Å². The zero-order chi connectivity index (χ0) is 21.1. The van der Waals surface area contributed by atoms with Gasteiger partial charge < -0.3 is 14.3 Å². The van der Waals surface area contributed by atoms with Crippen molar-refractivity contribution in [3.05, 3.63) is 70.8 Å². The van der Waals surface area contributed by atoms with E-state index in [0.717, 1.165) is 53.2 Å². The highest BCUT2D eigenvalue weighted by molar-refractivity contribution is 6.00. The van der Waals surface area contributed by atoms with Crippen LogP contribution < -0.4 is 9.47 Å². The van der Waals surface area contributed by atoms with Crippen LogP contribution in [0.4, 0.5) is 0 Å². The maximum absolute atomic E-state index is 6.09. The van der Waals surface area contributed by atoms with Gasteiger partial charge in [-0.25, -0.2) is 0 Å². The molecule has 0 aliphatic carbocycles. The Morgan fingerprint density at radius 1 is 1.03 bits per heavy atom. The average Bonchev–Trinajstić information content (AvgIpc) is 2.71. The largest absolute Gasteiger partial charge is 0.493 e. The van der Waals surface area contributed by atoms with Gasteiger partial charge >= 0.3 is 0 Å². The van der Waals surface area contributed by atoms with Crippen LogP contribution in [0.5, 0.6) is 11.5 Å². The van der Waals surface area contributed by atoms with Crippen LogP contribution in [0.15, 0.2) is 53.7 Å². The van der Waals surface area contributed by atoms with E-state index in [2.05, 4.69) is 50.2 Å². The van der Waals surface area contributed by atoms with Crippen LogP contribution in [-0.4, -0.2) is 26.0 Å². The molecule has 0 heterocycles. The second-order valence-electron chi connectivity index (χ2n) is 7.03. The predicted molar refractivity (Wildman–Crippen MR) is 120 cm³/mol. The third-order valence-electron chi connectivity index (χ3n) is 4.63. The standard InChI is InChI=1S/C25H33NO3/c1-6-8-15-28-23-17-19(3)25(20(4)18-23)29-16-14-21-10-12-22(13-11-21)24(9-7-2)26-27-5/h6,8,10-13,17-18H,7,9,14-16H2,1-5H3/b8-6+,26-24+.